The van der Waals surface area contributed by atoms with Crippen molar-refractivity contribution in [2.24, 2.45) is 0 Å². The third-order valence-electron chi connectivity index (χ3n) is 4.99. The number of unbranched alkanes of at least 4 members (excludes halogenated alkanes) is 2. The SMILES string of the molecule is COc1ccc2c(c1)c(=O)c(C(=O)Nc1ccccc1)cn2CCCCCC(=O)NO. The molecule has 0 bridgehead atoms. The molecule has 1 aromatic heterocycles. The molecule has 2 aromatic carbocycles. The van der Waals surface area contributed by atoms with E-state index in [0.29, 0.717) is 35.3 Å². The van der Waals surface area contributed by atoms with E-state index in [4.69, 9.17) is 9.94 Å². The van der Waals surface area contributed by atoms with Crippen LogP contribution in [0, 0.1) is 0 Å². The Labute approximate surface area is 179 Å². The van der Waals surface area contributed by atoms with Gasteiger partial charge in [-0.2, -0.15) is 0 Å². The summed E-state index contributed by atoms with van der Waals surface area (Å²) in [4.78, 5) is 37.0. The summed E-state index contributed by atoms with van der Waals surface area (Å²) < 4.78 is 7.13. The Morgan fingerprint density at radius 1 is 1.06 bits per heavy atom. The zero-order valence-electron chi connectivity index (χ0n) is 17.3. The third kappa shape index (κ3) is 5.49. The summed E-state index contributed by atoms with van der Waals surface area (Å²) in [5.41, 5.74) is 2.61. The van der Waals surface area contributed by atoms with Gasteiger partial charge in [0.1, 0.15) is 11.3 Å². The molecule has 162 valence electrons. The van der Waals surface area contributed by atoms with Crippen molar-refractivity contribution in [3.63, 3.8) is 0 Å². The topological polar surface area (TPSA) is 110 Å². The van der Waals surface area contributed by atoms with Gasteiger partial charge < -0.3 is 14.6 Å². The highest BCUT2D eigenvalue weighted by atomic mass is 16.5. The lowest BCUT2D eigenvalue weighted by atomic mass is 10.1. The first kappa shape index (κ1) is 22.0. The number of anilines is 1. The molecule has 0 atom stereocenters. The van der Waals surface area contributed by atoms with Crippen LogP contribution >= 0.6 is 0 Å². The van der Waals surface area contributed by atoms with E-state index in [2.05, 4.69) is 5.32 Å². The number of aryl methyl sites for hydroxylation is 1. The number of hydrogen-bond acceptors (Lipinski definition) is 5. The predicted molar refractivity (Wildman–Crippen MR) is 118 cm³/mol. The number of nitrogens with zero attached hydrogens (tertiary/aromatic N) is 1. The maximum absolute atomic E-state index is 13.1. The zero-order valence-corrected chi connectivity index (χ0v) is 17.3. The molecular weight excluding hydrogens is 398 g/mol. The highest BCUT2D eigenvalue weighted by Crippen LogP contribution is 2.20. The lowest BCUT2D eigenvalue weighted by Gasteiger charge is -2.14. The number of hydrogen-bond donors (Lipinski definition) is 3. The van der Waals surface area contributed by atoms with Crippen molar-refractivity contribution in [2.45, 2.75) is 32.2 Å². The average Bonchev–Trinajstić information content (AvgIpc) is 2.80. The van der Waals surface area contributed by atoms with Gasteiger partial charge in [0, 0.05) is 24.8 Å². The van der Waals surface area contributed by atoms with Crippen LogP contribution < -0.4 is 21.0 Å². The second-order valence-electron chi connectivity index (χ2n) is 7.11. The Hall–Kier alpha value is -3.65. The quantitative estimate of drug-likeness (QED) is 0.278. The van der Waals surface area contributed by atoms with Gasteiger partial charge in [0.05, 0.1) is 18.0 Å². The summed E-state index contributed by atoms with van der Waals surface area (Å²) in [6.07, 6.45) is 3.93. The van der Waals surface area contributed by atoms with Crippen molar-refractivity contribution in [1.82, 2.24) is 10.0 Å². The molecular formula is C23H25N3O5. The molecule has 3 aromatic rings. The molecule has 0 aliphatic carbocycles. The fourth-order valence-corrected chi connectivity index (χ4v) is 3.37. The fourth-order valence-electron chi connectivity index (χ4n) is 3.37. The van der Waals surface area contributed by atoms with Crippen molar-refractivity contribution in [3.05, 3.63) is 70.5 Å². The van der Waals surface area contributed by atoms with Gasteiger partial charge in [0.25, 0.3) is 5.91 Å². The van der Waals surface area contributed by atoms with E-state index >= 15 is 0 Å². The molecule has 0 fully saturated rings. The Bertz CT molecular complexity index is 1130. The van der Waals surface area contributed by atoms with Crippen molar-refractivity contribution in [2.75, 3.05) is 12.4 Å². The van der Waals surface area contributed by atoms with Gasteiger partial charge >= 0.3 is 0 Å². The summed E-state index contributed by atoms with van der Waals surface area (Å²) in [5.74, 6) is -0.359. The van der Waals surface area contributed by atoms with E-state index in [1.807, 2.05) is 10.6 Å². The standard InChI is InChI=1S/C23H25N3O5/c1-31-17-11-12-20-18(14-17)22(28)19(23(29)24-16-8-4-2-5-9-16)15-26(20)13-7-3-6-10-21(27)25-30/h2,4-5,8-9,11-12,14-15,30H,3,6-7,10,13H2,1H3,(H,24,29)(H,25,27). The molecule has 8 heteroatoms. The number of ether oxygens (including phenoxy) is 1. The number of amides is 2. The van der Waals surface area contributed by atoms with Crippen LogP contribution in [0.4, 0.5) is 5.69 Å². The first-order valence-electron chi connectivity index (χ1n) is 10.0. The maximum Gasteiger partial charge on any atom is 0.261 e. The van der Waals surface area contributed by atoms with Crippen molar-refractivity contribution >= 4 is 28.4 Å². The van der Waals surface area contributed by atoms with Gasteiger partial charge in [-0.05, 0) is 43.2 Å². The third-order valence-corrected chi connectivity index (χ3v) is 4.99. The van der Waals surface area contributed by atoms with Crippen LogP contribution in [-0.2, 0) is 11.3 Å². The van der Waals surface area contributed by atoms with E-state index in [9.17, 15) is 14.4 Å². The molecule has 2 amide bonds. The van der Waals surface area contributed by atoms with Gasteiger partial charge in [0.2, 0.25) is 11.3 Å². The van der Waals surface area contributed by atoms with Gasteiger partial charge in [-0.15, -0.1) is 0 Å². The first-order chi connectivity index (χ1) is 15.0. The van der Waals surface area contributed by atoms with Crippen LogP contribution in [-0.4, -0.2) is 28.7 Å². The molecule has 8 nitrogen and oxygen atoms in total. The molecule has 0 aliphatic heterocycles. The fraction of sp³-hybridized carbons (Fsp3) is 0.261. The number of methoxy groups -OCH3 is 1. The number of rotatable bonds is 9. The van der Waals surface area contributed by atoms with Crippen LogP contribution in [0.15, 0.2) is 59.5 Å². The van der Waals surface area contributed by atoms with Crippen molar-refractivity contribution in [3.8, 4) is 5.75 Å². The van der Waals surface area contributed by atoms with E-state index in [1.165, 1.54) is 7.11 Å². The van der Waals surface area contributed by atoms with E-state index in [-0.39, 0.29) is 17.4 Å². The van der Waals surface area contributed by atoms with E-state index in [1.54, 1.807) is 54.1 Å². The van der Waals surface area contributed by atoms with Crippen molar-refractivity contribution < 1.29 is 19.5 Å². The van der Waals surface area contributed by atoms with Gasteiger partial charge in [0.15, 0.2) is 0 Å². The Balaban J connectivity index is 1.89. The lowest BCUT2D eigenvalue weighted by Crippen LogP contribution is -2.24. The number of carbonyl (C=O) groups excluding carboxylic acids is 2. The van der Waals surface area contributed by atoms with Gasteiger partial charge in [-0.25, -0.2) is 5.48 Å². The highest BCUT2D eigenvalue weighted by Gasteiger charge is 2.16. The number of pyridine rings is 1. The smallest absolute Gasteiger partial charge is 0.261 e. The molecule has 1 heterocycles. The second kappa shape index (κ2) is 10.4. The van der Waals surface area contributed by atoms with Gasteiger partial charge in [-0.1, -0.05) is 24.6 Å². The van der Waals surface area contributed by atoms with Crippen LogP contribution in [0.25, 0.3) is 10.9 Å². The Kier molecular flexibility index (Phi) is 7.40. The van der Waals surface area contributed by atoms with E-state index < -0.39 is 11.8 Å². The van der Waals surface area contributed by atoms with Crippen LogP contribution in [0.3, 0.4) is 0 Å². The number of aromatic nitrogens is 1. The maximum atomic E-state index is 13.1. The largest absolute Gasteiger partial charge is 0.497 e. The highest BCUT2D eigenvalue weighted by molar-refractivity contribution is 6.05. The lowest BCUT2D eigenvalue weighted by molar-refractivity contribution is -0.129. The zero-order chi connectivity index (χ0) is 22.2. The second-order valence-corrected chi connectivity index (χ2v) is 7.11. The molecule has 0 aliphatic rings. The Morgan fingerprint density at radius 2 is 1.84 bits per heavy atom. The molecule has 3 rings (SSSR count). The number of para-hydroxylation sites is 1. The Morgan fingerprint density at radius 3 is 2.55 bits per heavy atom. The minimum absolute atomic E-state index is 0.0456. The molecule has 0 saturated carbocycles. The van der Waals surface area contributed by atoms with Crippen molar-refractivity contribution in [1.29, 1.82) is 0 Å². The molecule has 31 heavy (non-hydrogen) atoms. The number of carbonyl (C=O) groups is 2. The molecule has 3 N–H and O–H groups in total. The van der Waals surface area contributed by atoms with Crippen LogP contribution in [0.2, 0.25) is 0 Å². The minimum atomic E-state index is -0.478. The summed E-state index contributed by atoms with van der Waals surface area (Å²) in [6, 6.07) is 14.2. The summed E-state index contributed by atoms with van der Waals surface area (Å²) >= 11 is 0. The van der Waals surface area contributed by atoms with Gasteiger partial charge in [-0.3, -0.25) is 19.6 Å². The summed E-state index contributed by atoms with van der Waals surface area (Å²) in [6.45, 7) is 0.565. The number of hydroxylamine groups is 1. The molecule has 0 saturated heterocycles. The monoisotopic (exact) mass is 423 g/mol. The van der Waals surface area contributed by atoms with E-state index in [0.717, 1.165) is 12.8 Å². The number of nitrogens with one attached hydrogen (secondary N) is 2. The molecule has 0 unspecified atom stereocenters. The first-order valence-corrected chi connectivity index (χ1v) is 10.0. The summed E-state index contributed by atoms with van der Waals surface area (Å²) in [5, 5.41) is 11.7. The summed E-state index contributed by atoms with van der Waals surface area (Å²) in [7, 11) is 1.52. The van der Waals surface area contributed by atoms with Crippen LogP contribution in [0.1, 0.15) is 36.0 Å². The molecule has 0 radical (unpaired) electrons. The average molecular weight is 423 g/mol. The minimum Gasteiger partial charge on any atom is -0.497 e. The predicted octanol–water partition coefficient (Wildman–Crippen LogP) is 3.33. The molecule has 0 spiro atoms. The number of benzene rings is 2. The van der Waals surface area contributed by atoms with Crippen LogP contribution in [0.5, 0.6) is 5.75 Å². The normalized spacial score (nSPS) is 10.6. The number of fused-ring (bicyclic) bond motifs is 1.